The first kappa shape index (κ1) is 13.8. The first-order valence-electron chi connectivity index (χ1n) is 5.97. The number of carbonyl (C=O) groups excluding carboxylic acids is 1. The van der Waals surface area contributed by atoms with Gasteiger partial charge in [0.2, 0.25) is 5.91 Å². The number of halogens is 2. The van der Waals surface area contributed by atoms with E-state index in [0.29, 0.717) is 11.4 Å². The Hall–Kier alpha value is -0.580. The molecular weight excluding hydrogens is 318 g/mol. The molecule has 0 radical (unpaired) electrons. The summed E-state index contributed by atoms with van der Waals surface area (Å²) in [7, 11) is 0. The monoisotopic (exact) mass is 331 g/mol. The van der Waals surface area contributed by atoms with Gasteiger partial charge < -0.3 is 10.1 Å². The molecule has 0 atom stereocenters. The lowest BCUT2D eigenvalue weighted by molar-refractivity contribution is -0.121. The molecule has 1 heterocycles. The molecule has 1 saturated heterocycles. The Bertz CT molecular complexity index is 433. The fourth-order valence-corrected chi connectivity index (χ4v) is 2.58. The number of amides is 1. The van der Waals surface area contributed by atoms with Crippen LogP contribution in [-0.4, -0.2) is 25.2 Å². The predicted molar refractivity (Wildman–Crippen MR) is 74.8 cm³/mol. The van der Waals surface area contributed by atoms with Crippen LogP contribution in [0.3, 0.4) is 0 Å². The molecule has 0 bridgehead atoms. The van der Waals surface area contributed by atoms with E-state index in [1.165, 1.54) is 0 Å². The zero-order chi connectivity index (χ0) is 13.0. The Morgan fingerprint density at radius 1 is 1.44 bits per heavy atom. The summed E-state index contributed by atoms with van der Waals surface area (Å²) in [4.78, 5) is 11.9. The van der Waals surface area contributed by atoms with Gasteiger partial charge in [0.1, 0.15) is 0 Å². The van der Waals surface area contributed by atoms with E-state index in [-0.39, 0.29) is 11.9 Å². The van der Waals surface area contributed by atoms with Crippen LogP contribution in [0.5, 0.6) is 0 Å². The molecule has 1 N–H and O–H groups in total. The molecule has 5 heteroatoms. The van der Waals surface area contributed by atoms with Gasteiger partial charge in [0, 0.05) is 23.7 Å². The third kappa shape index (κ3) is 3.70. The van der Waals surface area contributed by atoms with Gasteiger partial charge in [-0.1, -0.05) is 23.7 Å². The van der Waals surface area contributed by atoms with E-state index in [2.05, 4.69) is 21.2 Å². The van der Waals surface area contributed by atoms with Crippen molar-refractivity contribution in [3.05, 3.63) is 33.3 Å². The van der Waals surface area contributed by atoms with E-state index in [1.54, 1.807) is 6.07 Å². The summed E-state index contributed by atoms with van der Waals surface area (Å²) in [5.74, 6) is 0.0323. The maximum atomic E-state index is 11.9. The van der Waals surface area contributed by atoms with Gasteiger partial charge in [-0.15, -0.1) is 0 Å². The minimum absolute atomic E-state index is 0.0323. The molecule has 1 aliphatic heterocycles. The normalized spacial score (nSPS) is 16.6. The predicted octanol–water partition coefficient (Wildman–Crippen LogP) is 2.94. The van der Waals surface area contributed by atoms with Crippen LogP contribution in [0, 0.1) is 0 Å². The third-order valence-corrected chi connectivity index (χ3v) is 4.45. The quantitative estimate of drug-likeness (QED) is 0.924. The molecule has 0 unspecified atom stereocenters. The largest absolute Gasteiger partial charge is 0.381 e. The van der Waals surface area contributed by atoms with Crippen LogP contribution < -0.4 is 5.32 Å². The average molecular weight is 333 g/mol. The standard InChI is InChI=1S/C13H15BrClNO2/c14-13-9(2-1-3-11(13)15)8-12(17)16-10-4-6-18-7-5-10/h1-3,10H,4-8H2,(H,16,17). The number of hydrogen-bond acceptors (Lipinski definition) is 2. The van der Waals surface area contributed by atoms with E-state index in [4.69, 9.17) is 16.3 Å². The Morgan fingerprint density at radius 2 is 2.17 bits per heavy atom. The van der Waals surface area contributed by atoms with E-state index in [1.807, 2.05) is 12.1 Å². The number of rotatable bonds is 3. The third-order valence-electron chi connectivity index (χ3n) is 2.97. The fraction of sp³-hybridized carbons (Fsp3) is 0.462. The lowest BCUT2D eigenvalue weighted by Crippen LogP contribution is -2.39. The number of ether oxygens (including phenoxy) is 1. The van der Waals surface area contributed by atoms with E-state index in [0.717, 1.165) is 36.1 Å². The first-order chi connectivity index (χ1) is 8.66. The Labute approximate surface area is 120 Å². The van der Waals surface area contributed by atoms with Gasteiger partial charge in [-0.3, -0.25) is 4.79 Å². The molecule has 1 aliphatic rings. The van der Waals surface area contributed by atoms with Crippen LogP contribution in [0.15, 0.2) is 22.7 Å². The highest BCUT2D eigenvalue weighted by Gasteiger charge is 2.17. The van der Waals surface area contributed by atoms with E-state index >= 15 is 0 Å². The van der Waals surface area contributed by atoms with Crippen molar-refractivity contribution in [3.8, 4) is 0 Å². The molecule has 1 fully saturated rings. The molecule has 0 aliphatic carbocycles. The van der Waals surface area contributed by atoms with Crippen molar-refractivity contribution in [3.63, 3.8) is 0 Å². The molecule has 2 rings (SSSR count). The number of carbonyl (C=O) groups is 1. The van der Waals surface area contributed by atoms with Crippen molar-refractivity contribution in [1.82, 2.24) is 5.32 Å². The molecule has 0 saturated carbocycles. The minimum atomic E-state index is 0.0323. The number of nitrogens with one attached hydrogen (secondary N) is 1. The van der Waals surface area contributed by atoms with E-state index in [9.17, 15) is 4.79 Å². The summed E-state index contributed by atoms with van der Waals surface area (Å²) in [5, 5.41) is 3.66. The van der Waals surface area contributed by atoms with Crippen molar-refractivity contribution in [2.75, 3.05) is 13.2 Å². The Balaban J connectivity index is 1.92. The smallest absolute Gasteiger partial charge is 0.224 e. The molecule has 0 spiro atoms. The van der Waals surface area contributed by atoms with Gasteiger partial charge in [-0.25, -0.2) is 0 Å². The first-order valence-corrected chi connectivity index (χ1v) is 7.14. The second-order valence-electron chi connectivity index (χ2n) is 4.34. The SMILES string of the molecule is O=C(Cc1cccc(Cl)c1Br)NC1CCOCC1. The highest BCUT2D eigenvalue weighted by atomic mass is 79.9. The fourth-order valence-electron chi connectivity index (χ4n) is 1.98. The minimum Gasteiger partial charge on any atom is -0.381 e. The van der Waals surface area contributed by atoms with Crippen molar-refractivity contribution in [2.24, 2.45) is 0 Å². The zero-order valence-electron chi connectivity index (χ0n) is 9.92. The van der Waals surface area contributed by atoms with Crippen LogP contribution in [0.4, 0.5) is 0 Å². The van der Waals surface area contributed by atoms with Gasteiger partial charge in [-0.05, 0) is 40.4 Å². The van der Waals surface area contributed by atoms with E-state index < -0.39 is 0 Å². The van der Waals surface area contributed by atoms with Gasteiger partial charge in [0.25, 0.3) is 0 Å². The molecule has 18 heavy (non-hydrogen) atoms. The zero-order valence-corrected chi connectivity index (χ0v) is 12.3. The van der Waals surface area contributed by atoms with Crippen LogP contribution in [0.25, 0.3) is 0 Å². The lowest BCUT2D eigenvalue weighted by Gasteiger charge is -2.23. The molecule has 3 nitrogen and oxygen atoms in total. The molecule has 1 aromatic rings. The second kappa shape index (κ2) is 6.55. The van der Waals surface area contributed by atoms with Crippen LogP contribution in [-0.2, 0) is 16.0 Å². The average Bonchev–Trinajstić information content (AvgIpc) is 2.36. The van der Waals surface area contributed by atoms with Crippen LogP contribution in [0.2, 0.25) is 5.02 Å². The summed E-state index contributed by atoms with van der Waals surface area (Å²) >= 11 is 9.40. The molecular formula is C13H15BrClNO2. The summed E-state index contributed by atoms with van der Waals surface area (Å²) in [6, 6.07) is 5.79. The topological polar surface area (TPSA) is 38.3 Å². The van der Waals surface area contributed by atoms with Crippen molar-refractivity contribution >= 4 is 33.4 Å². The number of hydrogen-bond donors (Lipinski definition) is 1. The summed E-state index contributed by atoms with van der Waals surface area (Å²) in [5.41, 5.74) is 0.909. The molecule has 98 valence electrons. The second-order valence-corrected chi connectivity index (χ2v) is 5.54. The maximum absolute atomic E-state index is 11.9. The highest BCUT2D eigenvalue weighted by molar-refractivity contribution is 9.10. The Kier molecular flexibility index (Phi) is 5.03. The summed E-state index contributed by atoms with van der Waals surface area (Å²) in [6.45, 7) is 1.46. The van der Waals surface area contributed by atoms with Gasteiger partial charge >= 0.3 is 0 Å². The lowest BCUT2D eigenvalue weighted by atomic mass is 10.1. The molecule has 0 aromatic heterocycles. The number of benzene rings is 1. The van der Waals surface area contributed by atoms with Gasteiger partial charge in [0.05, 0.1) is 11.4 Å². The van der Waals surface area contributed by atoms with Crippen molar-refractivity contribution in [2.45, 2.75) is 25.3 Å². The van der Waals surface area contributed by atoms with Gasteiger partial charge in [-0.2, -0.15) is 0 Å². The molecule has 1 aromatic carbocycles. The van der Waals surface area contributed by atoms with Crippen LogP contribution in [0.1, 0.15) is 18.4 Å². The molecule has 1 amide bonds. The van der Waals surface area contributed by atoms with Crippen LogP contribution >= 0.6 is 27.5 Å². The highest BCUT2D eigenvalue weighted by Crippen LogP contribution is 2.26. The summed E-state index contributed by atoms with van der Waals surface area (Å²) < 4.78 is 6.06. The van der Waals surface area contributed by atoms with Crippen molar-refractivity contribution in [1.29, 1.82) is 0 Å². The summed E-state index contributed by atoms with van der Waals surface area (Å²) in [6.07, 6.45) is 2.13. The Morgan fingerprint density at radius 3 is 2.89 bits per heavy atom. The van der Waals surface area contributed by atoms with Gasteiger partial charge in [0.15, 0.2) is 0 Å². The maximum Gasteiger partial charge on any atom is 0.224 e. The van der Waals surface area contributed by atoms with Crippen molar-refractivity contribution < 1.29 is 9.53 Å².